The molecule has 0 radical (unpaired) electrons. The first-order valence-corrected chi connectivity index (χ1v) is 8.89. The van der Waals surface area contributed by atoms with Crippen LogP contribution in [-0.2, 0) is 0 Å². The standard InChI is InChI=1S/C18H15BrN6O3/c1-11-4-2-3-5-14(11)22-16-15(25(27)28)17(21-10-20-16)23-24-18(26)12-6-8-13(19)9-7-12/h2-10H,1H3,(H,24,26)(H2,20,21,22,23). The van der Waals surface area contributed by atoms with Crippen molar-refractivity contribution in [2.24, 2.45) is 0 Å². The van der Waals surface area contributed by atoms with Gasteiger partial charge in [0.15, 0.2) is 0 Å². The van der Waals surface area contributed by atoms with Crippen molar-refractivity contribution in [2.75, 3.05) is 10.7 Å². The molecule has 0 saturated heterocycles. The van der Waals surface area contributed by atoms with Crippen LogP contribution in [0.1, 0.15) is 15.9 Å². The molecule has 1 heterocycles. The van der Waals surface area contributed by atoms with Gasteiger partial charge in [-0.3, -0.25) is 25.8 Å². The van der Waals surface area contributed by atoms with Crippen molar-refractivity contribution < 1.29 is 9.72 Å². The number of benzene rings is 2. The van der Waals surface area contributed by atoms with Crippen molar-refractivity contribution >= 4 is 44.8 Å². The van der Waals surface area contributed by atoms with Gasteiger partial charge in [-0.25, -0.2) is 9.97 Å². The summed E-state index contributed by atoms with van der Waals surface area (Å²) in [6, 6.07) is 14.0. The molecule has 3 rings (SSSR count). The van der Waals surface area contributed by atoms with E-state index in [1.54, 1.807) is 36.4 Å². The van der Waals surface area contributed by atoms with E-state index in [1.807, 2.05) is 19.1 Å². The van der Waals surface area contributed by atoms with E-state index in [0.717, 1.165) is 10.0 Å². The number of hydrogen-bond acceptors (Lipinski definition) is 7. The van der Waals surface area contributed by atoms with Crippen LogP contribution >= 0.6 is 15.9 Å². The normalized spacial score (nSPS) is 10.2. The minimum Gasteiger partial charge on any atom is -0.334 e. The summed E-state index contributed by atoms with van der Waals surface area (Å²) in [5.41, 5.74) is 6.47. The predicted octanol–water partition coefficient (Wildman–Crippen LogP) is 3.96. The van der Waals surface area contributed by atoms with Crippen molar-refractivity contribution in [1.29, 1.82) is 0 Å². The van der Waals surface area contributed by atoms with Crippen LogP contribution in [0.25, 0.3) is 0 Å². The highest BCUT2D eigenvalue weighted by Gasteiger charge is 2.24. The Bertz CT molecular complexity index is 1030. The SMILES string of the molecule is Cc1ccccc1Nc1ncnc(NNC(=O)c2ccc(Br)cc2)c1[N+](=O)[O-]. The van der Waals surface area contributed by atoms with Gasteiger partial charge >= 0.3 is 5.69 Å². The first-order valence-electron chi connectivity index (χ1n) is 8.09. The van der Waals surface area contributed by atoms with E-state index in [-0.39, 0.29) is 17.3 Å². The molecule has 1 aromatic heterocycles. The third kappa shape index (κ3) is 4.41. The van der Waals surface area contributed by atoms with Crippen LogP contribution in [0.4, 0.5) is 23.0 Å². The fourth-order valence-electron chi connectivity index (χ4n) is 2.36. The van der Waals surface area contributed by atoms with Gasteiger partial charge in [-0.2, -0.15) is 0 Å². The summed E-state index contributed by atoms with van der Waals surface area (Å²) in [6.45, 7) is 1.87. The zero-order valence-electron chi connectivity index (χ0n) is 14.6. The fraction of sp³-hybridized carbons (Fsp3) is 0.0556. The molecule has 28 heavy (non-hydrogen) atoms. The number of aryl methyl sites for hydroxylation is 1. The van der Waals surface area contributed by atoms with Crippen LogP contribution in [0.3, 0.4) is 0 Å². The zero-order valence-corrected chi connectivity index (χ0v) is 16.2. The Morgan fingerprint density at radius 2 is 1.75 bits per heavy atom. The van der Waals surface area contributed by atoms with Crippen LogP contribution in [-0.4, -0.2) is 20.8 Å². The number of nitro groups is 1. The van der Waals surface area contributed by atoms with Crippen molar-refractivity contribution in [3.05, 3.63) is 80.6 Å². The zero-order chi connectivity index (χ0) is 20.1. The largest absolute Gasteiger partial charge is 0.355 e. The van der Waals surface area contributed by atoms with Crippen molar-refractivity contribution in [1.82, 2.24) is 15.4 Å². The Kier molecular flexibility index (Phi) is 5.80. The van der Waals surface area contributed by atoms with Crippen LogP contribution < -0.4 is 16.2 Å². The predicted molar refractivity (Wildman–Crippen MR) is 108 cm³/mol. The number of halogens is 1. The molecule has 0 atom stereocenters. The molecule has 0 aliphatic rings. The molecule has 0 aliphatic carbocycles. The first-order chi connectivity index (χ1) is 13.5. The molecule has 3 aromatic rings. The molecule has 0 spiro atoms. The fourth-order valence-corrected chi connectivity index (χ4v) is 2.63. The summed E-state index contributed by atoms with van der Waals surface area (Å²) in [5, 5.41) is 14.5. The number of hydrazine groups is 1. The molecule has 142 valence electrons. The quantitative estimate of drug-likeness (QED) is 0.389. The van der Waals surface area contributed by atoms with Gasteiger partial charge in [-0.15, -0.1) is 0 Å². The molecule has 3 N–H and O–H groups in total. The Hall–Kier alpha value is -3.53. The number of hydrogen-bond donors (Lipinski definition) is 3. The number of amides is 1. The van der Waals surface area contributed by atoms with Crippen LogP contribution in [0, 0.1) is 17.0 Å². The highest BCUT2D eigenvalue weighted by Crippen LogP contribution is 2.31. The molecule has 0 bridgehead atoms. The lowest BCUT2D eigenvalue weighted by atomic mass is 10.2. The second-order valence-corrected chi connectivity index (χ2v) is 6.62. The van der Waals surface area contributed by atoms with E-state index in [2.05, 4.69) is 42.1 Å². The maximum Gasteiger partial charge on any atom is 0.355 e. The monoisotopic (exact) mass is 442 g/mol. The summed E-state index contributed by atoms with van der Waals surface area (Å²) >= 11 is 3.29. The minimum absolute atomic E-state index is 0.00897. The number of nitrogens with zero attached hydrogens (tertiary/aromatic N) is 3. The number of carbonyl (C=O) groups excluding carboxylic acids is 1. The smallest absolute Gasteiger partial charge is 0.334 e. The second-order valence-electron chi connectivity index (χ2n) is 5.70. The first kappa shape index (κ1) is 19.2. The highest BCUT2D eigenvalue weighted by molar-refractivity contribution is 9.10. The Labute approximate surface area is 168 Å². The summed E-state index contributed by atoms with van der Waals surface area (Å²) < 4.78 is 0.829. The van der Waals surface area contributed by atoms with Crippen molar-refractivity contribution in [3.8, 4) is 0 Å². The molecular formula is C18H15BrN6O3. The topological polar surface area (TPSA) is 122 Å². The lowest BCUT2D eigenvalue weighted by Crippen LogP contribution is -2.30. The summed E-state index contributed by atoms with van der Waals surface area (Å²) in [5.74, 6) is -0.593. The molecule has 0 saturated carbocycles. The van der Waals surface area contributed by atoms with Gasteiger partial charge in [0.05, 0.1) is 4.92 Å². The average Bonchev–Trinajstić information content (AvgIpc) is 2.68. The van der Waals surface area contributed by atoms with Crippen LogP contribution in [0.2, 0.25) is 0 Å². The molecule has 10 heteroatoms. The van der Waals surface area contributed by atoms with Crippen LogP contribution in [0.5, 0.6) is 0 Å². The van der Waals surface area contributed by atoms with Gasteiger partial charge in [0.25, 0.3) is 5.91 Å². The van der Waals surface area contributed by atoms with E-state index < -0.39 is 10.8 Å². The van der Waals surface area contributed by atoms with Gasteiger partial charge in [-0.1, -0.05) is 34.1 Å². The maximum absolute atomic E-state index is 12.2. The van der Waals surface area contributed by atoms with E-state index >= 15 is 0 Å². The van der Waals surface area contributed by atoms with Gasteiger partial charge in [-0.05, 0) is 42.8 Å². The van der Waals surface area contributed by atoms with E-state index in [0.29, 0.717) is 11.3 Å². The van der Waals surface area contributed by atoms with E-state index in [1.165, 1.54) is 6.33 Å². The van der Waals surface area contributed by atoms with Gasteiger partial charge in [0.1, 0.15) is 6.33 Å². The molecule has 0 fully saturated rings. The number of para-hydroxylation sites is 1. The number of rotatable bonds is 6. The van der Waals surface area contributed by atoms with Crippen molar-refractivity contribution in [2.45, 2.75) is 6.92 Å². The minimum atomic E-state index is -0.616. The van der Waals surface area contributed by atoms with Gasteiger partial charge < -0.3 is 5.32 Å². The molecule has 2 aromatic carbocycles. The second kappa shape index (κ2) is 8.44. The van der Waals surface area contributed by atoms with E-state index in [4.69, 9.17) is 0 Å². The lowest BCUT2D eigenvalue weighted by Gasteiger charge is -2.12. The number of aromatic nitrogens is 2. The molecule has 0 unspecified atom stereocenters. The molecule has 1 amide bonds. The molecular weight excluding hydrogens is 428 g/mol. The number of nitrogens with one attached hydrogen (secondary N) is 3. The van der Waals surface area contributed by atoms with Gasteiger partial charge in [0, 0.05) is 15.7 Å². The lowest BCUT2D eigenvalue weighted by molar-refractivity contribution is -0.383. The van der Waals surface area contributed by atoms with Crippen LogP contribution in [0.15, 0.2) is 59.3 Å². The average molecular weight is 443 g/mol. The highest BCUT2D eigenvalue weighted by atomic mass is 79.9. The summed E-state index contributed by atoms with van der Waals surface area (Å²) in [4.78, 5) is 31.0. The number of anilines is 3. The van der Waals surface area contributed by atoms with E-state index in [9.17, 15) is 14.9 Å². The summed E-state index contributed by atoms with van der Waals surface area (Å²) in [7, 11) is 0. The summed E-state index contributed by atoms with van der Waals surface area (Å²) in [6.07, 6.45) is 1.17. The molecule has 9 nitrogen and oxygen atoms in total. The Morgan fingerprint density at radius 3 is 2.43 bits per heavy atom. The third-order valence-corrected chi connectivity index (χ3v) is 4.33. The Balaban J connectivity index is 1.83. The van der Waals surface area contributed by atoms with Gasteiger partial charge in [0.2, 0.25) is 11.6 Å². The Morgan fingerprint density at radius 1 is 1.07 bits per heavy atom. The molecule has 0 aliphatic heterocycles. The third-order valence-electron chi connectivity index (χ3n) is 3.80. The maximum atomic E-state index is 12.2. The number of carbonyl (C=O) groups is 1. The van der Waals surface area contributed by atoms with Crippen molar-refractivity contribution in [3.63, 3.8) is 0 Å².